The molecule has 0 fully saturated rings. The number of aromatic nitrogens is 2. The molecule has 1 heterocycles. The van der Waals surface area contributed by atoms with Gasteiger partial charge in [0.25, 0.3) is 0 Å². The molecule has 3 rings (SSSR count). The molecule has 0 aliphatic heterocycles. The van der Waals surface area contributed by atoms with E-state index in [0.717, 1.165) is 28.1 Å². The molecule has 0 N–H and O–H groups in total. The van der Waals surface area contributed by atoms with Crippen LogP contribution < -0.4 is 0 Å². The Kier molecular flexibility index (Phi) is 3.45. The smallest absolute Gasteiger partial charge is 0.129 e. The molecule has 2 nitrogen and oxygen atoms in total. The highest BCUT2D eigenvalue weighted by Crippen LogP contribution is 2.27. The van der Waals surface area contributed by atoms with E-state index in [-0.39, 0.29) is 0 Å². The minimum Gasteiger partial charge on any atom is -0.295 e. The average Bonchev–Trinajstić information content (AvgIpc) is 2.79. The summed E-state index contributed by atoms with van der Waals surface area (Å²) in [4.78, 5) is 4.61. The first-order valence-corrected chi connectivity index (χ1v) is 7.32. The van der Waals surface area contributed by atoms with Gasteiger partial charge in [0.05, 0.1) is 22.6 Å². The number of benzene rings is 2. The summed E-state index contributed by atoms with van der Waals surface area (Å²) in [7, 11) is 0. The lowest BCUT2D eigenvalue weighted by Crippen LogP contribution is -2.01. The molecule has 102 valence electrons. The lowest BCUT2D eigenvalue weighted by molar-refractivity contribution is 0.972. The number of imidazole rings is 1. The van der Waals surface area contributed by atoms with Gasteiger partial charge in [0, 0.05) is 5.02 Å². The van der Waals surface area contributed by atoms with Gasteiger partial charge >= 0.3 is 0 Å². The molecule has 0 aliphatic carbocycles. The summed E-state index contributed by atoms with van der Waals surface area (Å²) in [5.41, 5.74) is 5.37. The predicted octanol–water partition coefficient (Wildman–Crippen LogP) is 5.03. The molecular weight excluding hydrogens is 291 g/mol. The van der Waals surface area contributed by atoms with Crippen LogP contribution in [0.2, 0.25) is 5.02 Å². The van der Waals surface area contributed by atoms with Crippen molar-refractivity contribution in [3.63, 3.8) is 0 Å². The van der Waals surface area contributed by atoms with Crippen molar-refractivity contribution in [2.45, 2.75) is 19.7 Å². The molecule has 0 saturated heterocycles. The van der Waals surface area contributed by atoms with Crippen molar-refractivity contribution in [1.29, 1.82) is 0 Å². The summed E-state index contributed by atoms with van der Waals surface area (Å²) in [5.74, 6) is 1.19. The van der Waals surface area contributed by atoms with Crippen LogP contribution in [0.1, 0.15) is 17.0 Å². The van der Waals surface area contributed by atoms with E-state index in [4.69, 9.17) is 23.2 Å². The van der Waals surface area contributed by atoms with Gasteiger partial charge in [0.1, 0.15) is 5.82 Å². The molecule has 0 radical (unpaired) electrons. The van der Waals surface area contributed by atoms with E-state index in [9.17, 15) is 0 Å². The van der Waals surface area contributed by atoms with Gasteiger partial charge in [-0.05, 0) is 49.2 Å². The quantitative estimate of drug-likeness (QED) is 0.607. The van der Waals surface area contributed by atoms with Crippen molar-refractivity contribution in [3.05, 3.63) is 58.4 Å². The van der Waals surface area contributed by atoms with E-state index in [1.54, 1.807) is 0 Å². The number of hydrogen-bond acceptors (Lipinski definition) is 1. The van der Waals surface area contributed by atoms with Crippen LogP contribution in [-0.4, -0.2) is 9.55 Å². The van der Waals surface area contributed by atoms with Gasteiger partial charge in [-0.3, -0.25) is 4.57 Å². The Balaban J connectivity index is 2.39. The minimum atomic E-state index is 0.361. The highest BCUT2D eigenvalue weighted by molar-refractivity contribution is 6.30. The maximum atomic E-state index is 6.14. The zero-order valence-electron chi connectivity index (χ0n) is 11.3. The average molecular weight is 305 g/mol. The zero-order valence-corrected chi connectivity index (χ0v) is 12.8. The number of nitrogens with zero attached hydrogens (tertiary/aromatic N) is 2. The van der Waals surface area contributed by atoms with Crippen molar-refractivity contribution in [2.75, 3.05) is 0 Å². The van der Waals surface area contributed by atoms with Crippen LogP contribution >= 0.6 is 23.2 Å². The fraction of sp³-hybridized carbons (Fsp3) is 0.188. The molecule has 0 amide bonds. The van der Waals surface area contributed by atoms with Crippen molar-refractivity contribution in [3.8, 4) is 5.69 Å². The summed E-state index contributed by atoms with van der Waals surface area (Å²) < 4.78 is 2.09. The van der Waals surface area contributed by atoms with Crippen molar-refractivity contribution in [2.24, 2.45) is 0 Å². The molecule has 0 atom stereocenters. The van der Waals surface area contributed by atoms with Crippen LogP contribution in [0.3, 0.4) is 0 Å². The monoisotopic (exact) mass is 304 g/mol. The Bertz CT molecular complexity index is 791. The highest BCUT2D eigenvalue weighted by atomic mass is 35.5. The molecule has 2 aromatic carbocycles. The Morgan fingerprint density at radius 1 is 1.10 bits per heavy atom. The fourth-order valence-corrected chi connectivity index (χ4v) is 2.76. The molecule has 0 saturated carbocycles. The largest absolute Gasteiger partial charge is 0.295 e. The van der Waals surface area contributed by atoms with Crippen molar-refractivity contribution < 1.29 is 0 Å². The lowest BCUT2D eigenvalue weighted by atomic mass is 10.1. The third-order valence-corrected chi connectivity index (χ3v) is 3.89. The van der Waals surface area contributed by atoms with Gasteiger partial charge in [0.2, 0.25) is 0 Å². The van der Waals surface area contributed by atoms with Crippen LogP contribution in [0.15, 0.2) is 36.4 Å². The number of hydrogen-bond donors (Lipinski definition) is 0. The first-order valence-electron chi connectivity index (χ1n) is 6.40. The maximum absolute atomic E-state index is 6.14. The third kappa shape index (κ3) is 2.19. The maximum Gasteiger partial charge on any atom is 0.129 e. The molecule has 3 aromatic rings. The van der Waals surface area contributed by atoms with Crippen LogP contribution in [0.25, 0.3) is 16.7 Å². The molecule has 0 aliphatic rings. The van der Waals surface area contributed by atoms with E-state index >= 15 is 0 Å². The Morgan fingerprint density at radius 2 is 1.90 bits per heavy atom. The summed E-state index contributed by atoms with van der Waals surface area (Å²) in [6, 6.07) is 12.1. The van der Waals surface area contributed by atoms with Crippen LogP contribution in [0.4, 0.5) is 0 Å². The fourth-order valence-electron chi connectivity index (χ4n) is 2.42. The number of fused-ring (bicyclic) bond motifs is 1. The Morgan fingerprint density at radius 3 is 2.65 bits per heavy atom. The summed E-state index contributed by atoms with van der Waals surface area (Å²) in [6.45, 7) is 4.13. The number of aryl methyl sites for hydroxylation is 2. The summed E-state index contributed by atoms with van der Waals surface area (Å²) in [6.07, 6.45) is 0. The van der Waals surface area contributed by atoms with Gasteiger partial charge < -0.3 is 0 Å². The third-order valence-electron chi connectivity index (χ3n) is 3.41. The van der Waals surface area contributed by atoms with Gasteiger partial charge in [-0.25, -0.2) is 4.98 Å². The van der Waals surface area contributed by atoms with Crippen LogP contribution in [0, 0.1) is 13.8 Å². The first kappa shape index (κ1) is 13.5. The van der Waals surface area contributed by atoms with Gasteiger partial charge in [-0.1, -0.05) is 23.7 Å². The highest BCUT2D eigenvalue weighted by Gasteiger charge is 2.13. The van der Waals surface area contributed by atoms with Crippen molar-refractivity contribution >= 4 is 34.2 Å². The number of rotatable bonds is 2. The number of halogens is 2. The Hall–Kier alpha value is -1.51. The van der Waals surface area contributed by atoms with E-state index in [1.807, 2.05) is 24.3 Å². The van der Waals surface area contributed by atoms with E-state index in [1.165, 1.54) is 5.56 Å². The minimum absolute atomic E-state index is 0.361. The van der Waals surface area contributed by atoms with E-state index in [0.29, 0.717) is 10.9 Å². The topological polar surface area (TPSA) is 17.8 Å². The normalized spacial score (nSPS) is 11.2. The van der Waals surface area contributed by atoms with Gasteiger partial charge in [-0.15, -0.1) is 11.6 Å². The lowest BCUT2D eigenvalue weighted by Gasteiger charge is -2.11. The van der Waals surface area contributed by atoms with Gasteiger partial charge in [0.15, 0.2) is 0 Å². The number of alkyl halides is 1. The zero-order chi connectivity index (χ0) is 14.3. The second-order valence-corrected chi connectivity index (χ2v) is 5.62. The van der Waals surface area contributed by atoms with Crippen molar-refractivity contribution in [1.82, 2.24) is 9.55 Å². The summed E-state index contributed by atoms with van der Waals surface area (Å²) in [5, 5.41) is 0.709. The van der Waals surface area contributed by atoms with Crippen LogP contribution in [0.5, 0.6) is 0 Å². The molecule has 0 bridgehead atoms. The standard InChI is InChI=1S/C16H14Cl2N2/c1-10-3-6-13-15(7-10)20(16(9-17)19-13)14-8-12(18)5-4-11(14)2/h3-8H,9H2,1-2H3. The molecule has 0 unspecified atom stereocenters. The van der Waals surface area contributed by atoms with E-state index in [2.05, 4.69) is 35.5 Å². The SMILES string of the molecule is Cc1ccc2nc(CCl)n(-c3cc(Cl)ccc3C)c2c1. The molecule has 4 heteroatoms. The molecule has 0 spiro atoms. The summed E-state index contributed by atoms with van der Waals surface area (Å²) >= 11 is 12.2. The second-order valence-electron chi connectivity index (χ2n) is 4.92. The van der Waals surface area contributed by atoms with Crippen LogP contribution in [-0.2, 0) is 5.88 Å². The first-order chi connectivity index (χ1) is 9.60. The predicted molar refractivity (Wildman–Crippen MR) is 85.1 cm³/mol. The van der Waals surface area contributed by atoms with Gasteiger partial charge in [-0.2, -0.15) is 0 Å². The molecular formula is C16H14Cl2N2. The molecule has 1 aromatic heterocycles. The second kappa shape index (κ2) is 5.12. The van der Waals surface area contributed by atoms with E-state index < -0.39 is 0 Å². The Labute approximate surface area is 128 Å². The molecule has 20 heavy (non-hydrogen) atoms.